The molecule has 0 aliphatic carbocycles. The highest BCUT2D eigenvalue weighted by molar-refractivity contribution is 14.0. The smallest absolute Gasteiger partial charge is 0.191 e. The van der Waals surface area contributed by atoms with Crippen molar-refractivity contribution >= 4 is 41.3 Å². The quantitative estimate of drug-likeness (QED) is 0.286. The fourth-order valence-corrected chi connectivity index (χ4v) is 2.83. The number of ether oxygens (including phenoxy) is 2. The number of rotatable bonds is 9. The zero-order valence-corrected chi connectivity index (χ0v) is 18.2. The van der Waals surface area contributed by atoms with Crippen molar-refractivity contribution in [2.45, 2.75) is 20.0 Å². The van der Waals surface area contributed by atoms with Gasteiger partial charge in [0.1, 0.15) is 6.61 Å². The number of nitrogens with one attached hydrogen (secondary N) is 2. The highest BCUT2D eigenvalue weighted by atomic mass is 127. The Morgan fingerprint density at radius 2 is 2.08 bits per heavy atom. The fraction of sp³-hybridized carbons (Fsp3) is 0.389. The molecule has 1 aromatic heterocycles. The molecule has 0 bridgehead atoms. The number of halogens is 1. The van der Waals surface area contributed by atoms with Gasteiger partial charge in [-0.05, 0) is 36.1 Å². The lowest BCUT2D eigenvalue weighted by atomic mass is 10.2. The Morgan fingerprint density at radius 3 is 2.73 bits per heavy atom. The maximum Gasteiger partial charge on any atom is 0.191 e. The van der Waals surface area contributed by atoms with Crippen molar-refractivity contribution in [2.24, 2.45) is 4.99 Å². The maximum atomic E-state index is 8.86. The second kappa shape index (κ2) is 12.8. The number of hydrogen-bond acceptors (Lipinski definition) is 5. The third-order valence-corrected chi connectivity index (χ3v) is 4.23. The van der Waals surface area contributed by atoms with E-state index in [-0.39, 0.29) is 37.2 Å². The van der Waals surface area contributed by atoms with Gasteiger partial charge in [-0.15, -0.1) is 35.3 Å². The second-order valence-corrected chi connectivity index (χ2v) is 6.22. The van der Waals surface area contributed by atoms with Gasteiger partial charge in [0.25, 0.3) is 0 Å². The minimum Gasteiger partial charge on any atom is -0.493 e. The number of benzene rings is 1. The van der Waals surface area contributed by atoms with Crippen LogP contribution in [0.15, 0.2) is 40.7 Å². The Labute approximate surface area is 175 Å². The predicted octanol–water partition coefficient (Wildman–Crippen LogP) is 3.00. The molecule has 0 saturated carbocycles. The van der Waals surface area contributed by atoms with Crippen molar-refractivity contribution in [1.29, 1.82) is 0 Å². The van der Waals surface area contributed by atoms with Gasteiger partial charge in [-0.25, -0.2) is 4.99 Å². The molecule has 0 radical (unpaired) electrons. The van der Waals surface area contributed by atoms with Crippen LogP contribution in [0.1, 0.15) is 17.4 Å². The van der Waals surface area contributed by atoms with Crippen LogP contribution in [0.3, 0.4) is 0 Å². The lowest BCUT2D eigenvalue weighted by molar-refractivity contribution is 0.196. The Balaban J connectivity index is 0.00000338. The Morgan fingerprint density at radius 1 is 1.23 bits per heavy atom. The number of nitrogens with zero attached hydrogens (tertiary/aromatic N) is 1. The van der Waals surface area contributed by atoms with Gasteiger partial charge in [0.05, 0.1) is 26.8 Å². The molecule has 2 rings (SSSR count). The SMILES string of the molecule is CCNC(=NCc1ccc(OCCO)c(OC)c1)NCc1cccs1.I. The molecule has 0 unspecified atom stereocenters. The van der Waals surface area contributed by atoms with Crippen molar-refractivity contribution in [1.82, 2.24) is 10.6 Å². The minimum absolute atomic E-state index is 0. The summed E-state index contributed by atoms with van der Waals surface area (Å²) in [6.07, 6.45) is 0. The molecule has 0 fully saturated rings. The van der Waals surface area contributed by atoms with Gasteiger partial charge in [-0.2, -0.15) is 0 Å². The van der Waals surface area contributed by atoms with E-state index < -0.39 is 0 Å². The van der Waals surface area contributed by atoms with Crippen LogP contribution in [0.5, 0.6) is 11.5 Å². The van der Waals surface area contributed by atoms with Crippen LogP contribution in [0, 0.1) is 0 Å². The van der Waals surface area contributed by atoms with Gasteiger partial charge < -0.3 is 25.2 Å². The first-order chi connectivity index (χ1) is 12.3. The summed E-state index contributed by atoms with van der Waals surface area (Å²) in [5, 5.41) is 17.5. The molecule has 1 aromatic carbocycles. The van der Waals surface area contributed by atoms with E-state index in [1.165, 1.54) is 4.88 Å². The molecule has 0 amide bonds. The first-order valence-electron chi connectivity index (χ1n) is 8.22. The van der Waals surface area contributed by atoms with E-state index >= 15 is 0 Å². The summed E-state index contributed by atoms with van der Waals surface area (Å²) in [5.74, 6) is 2.03. The molecule has 1 heterocycles. The number of hydrogen-bond donors (Lipinski definition) is 3. The van der Waals surface area contributed by atoms with Crippen LogP contribution in [0.4, 0.5) is 0 Å². The molecule has 0 spiro atoms. The molecule has 26 heavy (non-hydrogen) atoms. The van der Waals surface area contributed by atoms with E-state index in [1.54, 1.807) is 18.4 Å². The Kier molecular flexibility index (Phi) is 11.1. The first-order valence-corrected chi connectivity index (χ1v) is 9.10. The van der Waals surface area contributed by atoms with Gasteiger partial charge in [0.15, 0.2) is 17.5 Å². The topological polar surface area (TPSA) is 75.1 Å². The first kappa shape index (κ1) is 22.5. The van der Waals surface area contributed by atoms with Gasteiger partial charge >= 0.3 is 0 Å². The van der Waals surface area contributed by atoms with Crippen molar-refractivity contribution < 1.29 is 14.6 Å². The molecular weight excluding hydrogens is 465 g/mol. The molecule has 6 nitrogen and oxygen atoms in total. The molecule has 0 saturated heterocycles. The number of guanidine groups is 1. The zero-order chi connectivity index (χ0) is 17.9. The third-order valence-electron chi connectivity index (χ3n) is 3.35. The van der Waals surface area contributed by atoms with E-state index in [4.69, 9.17) is 14.6 Å². The summed E-state index contributed by atoms with van der Waals surface area (Å²) >= 11 is 1.72. The summed E-state index contributed by atoms with van der Waals surface area (Å²) in [5.41, 5.74) is 1.02. The molecular formula is C18H26IN3O3S. The van der Waals surface area contributed by atoms with Crippen LogP contribution in [0.25, 0.3) is 0 Å². The van der Waals surface area contributed by atoms with Gasteiger partial charge in [0.2, 0.25) is 0 Å². The maximum absolute atomic E-state index is 8.86. The van der Waals surface area contributed by atoms with Crippen LogP contribution in [-0.4, -0.2) is 37.9 Å². The number of aliphatic hydroxyl groups excluding tert-OH is 1. The van der Waals surface area contributed by atoms with Gasteiger partial charge in [0, 0.05) is 11.4 Å². The average molecular weight is 491 g/mol. The Bertz CT molecular complexity index is 666. The van der Waals surface area contributed by atoms with Crippen molar-refractivity contribution in [3.8, 4) is 11.5 Å². The van der Waals surface area contributed by atoms with E-state index in [0.29, 0.717) is 18.0 Å². The summed E-state index contributed by atoms with van der Waals surface area (Å²) in [4.78, 5) is 5.87. The van der Waals surface area contributed by atoms with Crippen LogP contribution < -0.4 is 20.1 Å². The zero-order valence-electron chi connectivity index (χ0n) is 15.0. The number of aliphatic imine (C=N–C) groups is 1. The molecule has 8 heteroatoms. The fourth-order valence-electron chi connectivity index (χ4n) is 2.18. The van der Waals surface area contributed by atoms with Crippen LogP contribution >= 0.6 is 35.3 Å². The highest BCUT2D eigenvalue weighted by Crippen LogP contribution is 2.28. The third kappa shape index (κ3) is 7.38. The van der Waals surface area contributed by atoms with Crippen molar-refractivity contribution in [2.75, 3.05) is 26.9 Å². The molecule has 0 aliphatic heterocycles. The standard InChI is InChI=1S/C18H25N3O3S.HI/c1-3-19-18(21-13-15-5-4-10-25-15)20-12-14-6-7-16(24-9-8-22)17(11-14)23-2;/h4-7,10-11,22H,3,8-9,12-13H2,1-2H3,(H2,19,20,21);1H. The average Bonchev–Trinajstić information content (AvgIpc) is 3.16. The van der Waals surface area contributed by atoms with E-state index in [1.807, 2.05) is 31.2 Å². The monoisotopic (exact) mass is 491 g/mol. The van der Waals surface area contributed by atoms with Gasteiger partial charge in [-0.3, -0.25) is 0 Å². The van der Waals surface area contributed by atoms with Crippen molar-refractivity contribution in [3.05, 3.63) is 46.2 Å². The molecule has 0 aliphatic rings. The lowest BCUT2D eigenvalue weighted by Crippen LogP contribution is -2.36. The predicted molar refractivity (Wildman–Crippen MR) is 117 cm³/mol. The van der Waals surface area contributed by atoms with E-state index in [2.05, 4.69) is 27.1 Å². The van der Waals surface area contributed by atoms with E-state index in [9.17, 15) is 0 Å². The normalized spacial score (nSPS) is 10.8. The summed E-state index contributed by atoms with van der Waals surface area (Å²) in [6.45, 7) is 4.32. The van der Waals surface area contributed by atoms with Crippen LogP contribution in [-0.2, 0) is 13.1 Å². The molecule has 144 valence electrons. The second-order valence-electron chi connectivity index (χ2n) is 5.19. The molecule has 0 atom stereocenters. The number of methoxy groups -OCH3 is 1. The molecule has 3 N–H and O–H groups in total. The minimum atomic E-state index is -0.0306. The molecule has 2 aromatic rings. The lowest BCUT2D eigenvalue weighted by Gasteiger charge is -2.12. The number of aliphatic hydroxyl groups is 1. The summed E-state index contributed by atoms with van der Waals surface area (Å²) in [7, 11) is 1.60. The van der Waals surface area contributed by atoms with Gasteiger partial charge in [-0.1, -0.05) is 12.1 Å². The Hall–Kier alpha value is -1.52. The van der Waals surface area contributed by atoms with E-state index in [0.717, 1.165) is 24.6 Å². The summed E-state index contributed by atoms with van der Waals surface area (Å²) < 4.78 is 10.8. The van der Waals surface area contributed by atoms with Crippen LogP contribution in [0.2, 0.25) is 0 Å². The summed E-state index contributed by atoms with van der Waals surface area (Å²) in [6, 6.07) is 9.82. The van der Waals surface area contributed by atoms with Crippen molar-refractivity contribution in [3.63, 3.8) is 0 Å². The number of thiophene rings is 1. The largest absolute Gasteiger partial charge is 0.493 e. The highest BCUT2D eigenvalue weighted by Gasteiger charge is 2.06.